The van der Waals surface area contributed by atoms with Crippen LogP contribution in [0.4, 0.5) is 0 Å². The Hall–Kier alpha value is -0.730. The highest BCUT2D eigenvalue weighted by molar-refractivity contribution is 6.30. The summed E-state index contributed by atoms with van der Waals surface area (Å²) in [4.78, 5) is 0. The average molecular weight is 242 g/mol. The highest BCUT2D eigenvalue weighted by Crippen LogP contribution is 2.22. The van der Waals surface area contributed by atoms with E-state index in [1.54, 1.807) is 18.2 Å². The molecule has 0 atom stereocenters. The van der Waals surface area contributed by atoms with Gasteiger partial charge in [0.2, 0.25) is 0 Å². The SMILES string of the molecule is CCCC(C)(C)NCc1cc(Cl)ccc1O. The summed E-state index contributed by atoms with van der Waals surface area (Å²) in [5.74, 6) is 0.296. The molecule has 0 amide bonds. The molecule has 16 heavy (non-hydrogen) atoms. The van der Waals surface area contributed by atoms with Crippen molar-refractivity contribution >= 4 is 11.6 Å². The number of hydrogen-bond acceptors (Lipinski definition) is 2. The van der Waals surface area contributed by atoms with Crippen LogP contribution in [-0.4, -0.2) is 10.6 Å². The fraction of sp³-hybridized carbons (Fsp3) is 0.538. The third kappa shape index (κ3) is 4.03. The van der Waals surface area contributed by atoms with Crippen molar-refractivity contribution in [2.75, 3.05) is 0 Å². The van der Waals surface area contributed by atoms with Crippen LogP contribution in [0.3, 0.4) is 0 Å². The van der Waals surface area contributed by atoms with Crippen LogP contribution in [0.1, 0.15) is 39.2 Å². The lowest BCUT2D eigenvalue weighted by molar-refractivity contribution is 0.353. The van der Waals surface area contributed by atoms with Crippen molar-refractivity contribution in [3.8, 4) is 5.75 Å². The molecule has 90 valence electrons. The van der Waals surface area contributed by atoms with E-state index in [4.69, 9.17) is 11.6 Å². The molecular weight excluding hydrogens is 222 g/mol. The third-order valence-electron chi connectivity index (χ3n) is 2.67. The van der Waals surface area contributed by atoms with Crippen LogP contribution >= 0.6 is 11.6 Å². The van der Waals surface area contributed by atoms with Gasteiger partial charge in [-0.05, 0) is 38.5 Å². The lowest BCUT2D eigenvalue weighted by Crippen LogP contribution is -2.38. The van der Waals surface area contributed by atoms with E-state index in [1.807, 2.05) is 0 Å². The van der Waals surface area contributed by atoms with Crippen molar-refractivity contribution in [2.24, 2.45) is 0 Å². The highest BCUT2D eigenvalue weighted by Gasteiger charge is 2.15. The van der Waals surface area contributed by atoms with E-state index in [9.17, 15) is 5.11 Å². The van der Waals surface area contributed by atoms with Gasteiger partial charge in [-0.25, -0.2) is 0 Å². The van der Waals surface area contributed by atoms with E-state index >= 15 is 0 Å². The normalized spacial score (nSPS) is 11.8. The molecule has 0 aromatic heterocycles. The van der Waals surface area contributed by atoms with Gasteiger partial charge in [0.25, 0.3) is 0 Å². The Morgan fingerprint density at radius 2 is 2.06 bits per heavy atom. The number of phenols is 1. The predicted molar refractivity (Wildman–Crippen MR) is 68.9 cm³/mol. The number of phenolic OH excluding ortho intramolecular Hbond substituents is 1. The van der Waals surface area contributed by atoms with Crippen molar-refractivity contribution in [3.05, 3.63) is 28.8 Å². The van der Waals surface area contributed by atoms with Gasteiger partial charge in [0.1, 0.15) is 5.75 Å². The summed E-state index contributed by atoms with van der Waals surface area (Å²) in [6.45, 7) is 7.13. The minimum atomic E-state index is 0.0868. The van der Waals surface area contributed by atoms with Gasteiger partial charge in [-0.15, -0.1) is 0 Å². The number of nitrogens with one attached hydrogen (secondary N) is 1. The maximum absolute atomic E-state index is 9.66. The van der Waals surface area contributed by atoms with Crippen molar-refractivity contribution < 1.29 is 5.11 Å². The standard InChI is InChI=1S/C13H20ClNO/c1-4-7-13(2,3)15-9-10-8-11(14)5-6-12(10)16/h5-6,8,15-16H,4,7,9H2,1-3H3. The van der Waals surface area contributed by atoms with E-state index in [-0.39, 0.29) is 5.54 Å². The van der Waals surface area contributed by atoms with E-state index in [0.29, 0.717) is 17.3 Å². The first kappa shape index (κ1) is 13.3. The van der Waals surface area contributed by atoms with E-state index in [1.165, 1.54) is 0 Å². The molecule has 0 saturated heterocycles. The summed E-state index contributed by atoms with van der Waals surface area (Å²) in [6.07, 6.45) is 2.25. The summed E-state index contributed by atoms with van der Waals surface area (Å²) in [6, 6.07) is 5.12. The van der Waals surface area contributed by atoms with E-state index in [2.05, 4.69) is 26.1 Å². The molecule has 0 aliphatic carbocycles. The molecule has 0 unspecified atom stereocenters. The lowest BCUT2D eigenvalue weighted by atomic mass is 9.98. The quantitative estimate of drug-likeness (QED) is 0.824. The number of aromatic hydroxyl groups is 1. The van der Waals surface area contributed by atoms with Crippen LogP contribution in [0.15, 0.2) is 18.2 Å². The van der Waals surface area contributed by atoms with Crippen LogP contribution < -0.4 is 5.32 Å². The molecule has 0 saturated carbocycles. The number of hydrogen-bond donors (Lipinski definition) is 2. The Morgan fingerprint density at radius 1 is 1.38 bits per heavy atom. The second-order valence-corrected chi connectivity index (χ2v) is 5.20. The minimum Gasteiger partial charge on any atom is -0.508 e. The van der Waals surface area contributed by atoms with E-state index < -0.39 is 0 Å². The average Bonchev–Trinajstić information content (AvgIpc) is 2.19. The molecular formula is C13H20ClNO. The summed E-state index contributed by atoms with van der Waals surface area (Å²) in [7, 11) is 0. The second-order valence-electron chi connectivity index (χ2n) is 4.76. The Balaban J connectivity index is 2.63. The van der Waals surface area contributed by atoms with Gasteiger partial charge in [-0.2, -0.15) is 0 Å². The lowest BCUT2D eigenvalue weighted by Gasteiger charge is -2.26. The Bertz CT molecular complexity index is 350. The zero-order chi connectivity index (χ0) is 12.2. The van der Waals surface area contributed by atoms with Crippen LogP contribution in [0.25, 0.3) is 0 Å². The molecule has 3 heteroatoms. The Kier molecular flexibility index (Phi) is 4.63. The maximum Gasteiger partial charge on any atom is 0.120 e. The Labute approximate surface area is 103 Å². The summed E-state index contributed by atoms with van der Waals surface area (Å²) < 4.78 is 0. The van der Waals surface area contributed by atoms with Crippen molar-refractivity contribution in [1.82, 2.24) is 5.32 Å². The fourth-order valence-electron chi connectivity index (χ4n) is 1.74. The molecule has 1 aromatic rings. The maximum atomic E-state index is 9.66. The molecule has 0 fully saturated rings. The van der Waals surface area contributed by atoms with E-state index in [0.717, 1.165) is 18.4 Å². The monoisotopic (exact) mass is 241 g/mol. The summed E-state index contributed by atoms with van der Waals surface area (Å²) in [5.41, 5.74) is 0.931. The van der Waals surface area contributed by atoms with Gasteiger partial charge in [0, 0.05) is 22.7 Å². The van der Waals surface area contributed by atoms with Crippen LogP contribution in [0, 0.1) is 0 Å². The molecule has 0 spiro atoms. The number of halogens is 1. The second kappa shape index (κ2) is 5.55. The van der Waals surface area contributed by atoms with Crippen LogP contribution in [0.2, 0.25) is 5.02 Å². The Morgan fingerprint density at radius 3 is 2.69 bits per heavy atom. The molecule has 1 rings (SSSR count). The number of benzene rings is 1. The van der Waals surface area contributed by atoms with Gasteiger partial charge in [0.15, 0.2) is 0 Å². The fourth-order valence-corrected chi connectivity index (χ4v) is 1.94. The largest absolute Gasteiger partial charge is 0.508 e. The van der Waals surface area contributed by atoms with Gasteiger partial charge in [-0.3, -0.25) is 0 Å². The van der Waals surface area contributed by atoms with Crippen LogP contribution in [0.5, 0.6) is 5.75 Å². The molecule has 0 aliphatic rings. The first-order valence-corrected chi connectivity index (χ1v) is 6.05. The molecule has 0 radical (unpaired) electrons. The van der Waals surface area contributed by atoms with Crippen molar-refractivity contribution in [1.29, 1.82) is 0 Å². The molecule has 1 aromatic carbocycles. The smallest absolute Gasteiger partial charge is 0.120 e. The zero-order valence-corrected chi connectivity index (χ0v) is 10.9. The molecule has 0 heterocycles. The topological polar surface area (TPSA) is 32.3 Å². The predicted octanol–water partition coefficient (Wildman–Crippen LogP) is 3.71. The van der Waals surface area contributed by atoms with Gasteiger partial charge >= 0.3 is 0 Å². The first-order valence-electron chi connectivity index (χ1n) is 5.67. The molecule has 0 bridgehead atoms. The zero-order valence-electron chi connectivity index (χ0n) is 10.2. The van der Waals surface area contributed by atoms with Crippen LogP contribution in [-0.2, 0) is 6.54 Å². The van der Waals surface area contributed by atoms with Gasteiger partial charge in [0.05, 0.1) is 0 Å². The molecule has 2 N–H and O–H groups in total. The first-order chi connectivity index (χ1) is 7.44. The van der Waals surface area contributed by atoms with Gasteiger partial charge < -0.3 is 10.4 Å². The molecule has 0 aliphatic heterocycles. The molecule has 2 nitrogen and oxygen atoms in total. The summed E-state index contributed by atoms with van der Waals surface area (Å²) >= 11 is 5.89. The minimum absolute atomic E-state index is 0.0868. The highest BCUT2D eigenvalue weighted by atomic mass is 35.5. The van der Waals surface area contributed by atoms with Crippen molar-refractivity contribution in [2.45, 2.75) is 45.7 Å². The summed E-state index contributed by atoms with van der Waals surface area (Å²) in [5, 5.41) is 13.7. The van der Waals surface area contributed by atoms with Gasteiger partial charge in [-0.1, -0.05) is 24.9 Å². The third-order valence-corrected chi connectivity index (χ3v) is 2.91. The number of rotatable bonds is 5. The van der Waals surface area contributed by atoms with Crippen molar-refractivity contribution in [3.63, 3.8) is 0 Å².